The van der Waals surface area contributed by atoms with Gasteiger partial charge in [0, 0.05) is 25.2 Å². The van der Waals surface area contributed by atoms with Crippen molar-refractivity contribution in [3.05, 3.63) is 29.8 Å². The third-order valence-electron chi connectivity index (χ3n) is 4.05. The van der Waals surface area contributed by atoms with Crippen molar-refractivity contribution >= 4 is 11.6 Å². The van der Waals surface area contributed by atoms with Crippen LogP contribution in [0, 0.1) is 0 Å². The van der Waals surface area contributed by atoms with Crippen molar-refractivity contribution in [3.63, 3.8) is 0 Å². The van der Waals surface area contributed by atoms with E-state index in [-0.39, 0.29) is 0 Å². The van der Waals surface area contributed by atoms with Crippen molar-refractivity contribution in [1.29, 1.82) is 0 Å². The number of carbonyl (C=O) groups is 1. The van der Waals surface area contributed by atoms with E-state index >= 15 is 0 Å². The molecule has 3 nitrogen and oxygen atoms in total. The lowest BCUT2D eigenvalue weighted by molar-refractivity contribution is -0.132. The second-order valence-electron chi connectivity index (χ2n) is 5.29. The molecule has 1 unspecified atom stereocenters. The maximum Gasteiger partial charge on any atom is 0.222 e. The molecule has 1 atom stereocenters. The summed E-state index contributed by atoms with van der Waals surface area (Å²) in [5.74, 6) is 0.346. The normalized spacial score (nSPS) is 24.1. The van der Waals surface area contributed by atoms with Gasteiger partial charge in [-0.1, -0.05) is 24.6 Å². The highest BCUT2D eigenvalue weighted by Gasteiger charge is 2.27. The number of fused-ring (bicyclic) bond motifs is 1. The Labute approximate surface area is 108 Å². The summed E-state index contributed by atoms with van der Waals surface area (Å²) < 4.78 is 0. The van der Waals surface area contributed by atoms with Gasteiger partial charge in [-0.2, -0.15) is 0 Å². The van der Waals surface area contributed by atoms with Crippen LogP contribution >= 0.6 is 0 Å². The molecule has 0 bridgehead atoms. The summed E-state index contributed by atoms with van der Waals surface area (Å²) >= 11 is 0. The standard InChI is InChI=1S/C15H20N2O/c18-15-8-2-1-5-9-17(15)13-10-12-6-3-4-7-14(12)16-11-13/h3-4,6-7,13,16H,1-2,5,8-11H2. The van der Waals surface area contributed by atoms with Crippen LogP contribution in [-0.2, 0) is 11.2 Å². The molecule has 96 valence electrons. The quantitative estimate of drug-likeness (QED) is 0.823. The SMILES string of the molecule is O=C1CCCCCN1C1CNc2ccccc2C1. The molecule has 0 spiro atoms. The third-order valence-corrected chi connectivity index (χ3v) is 4.05. The van der Waals surface area contributed by atoms with Crippen LogP contribution < -0.4 is 5.32 Å². The molecule has 0 aliphatic carbocycles. The molecule has 2 aliphatic heterocycles. The molecule has 0 aromatic heterocycles. The van der Waals surface area contributed by atoms with Gasteiger partial charge >= 0.3 is 0 Å². The first-order valence-corrected chi connectivity index (χ1v) is 6.96. The maximum atomic E-state index is 12.1. The second kappa shape index (κ2) is 5.01. The number of amides is 1. The zero-order valence-electron chi connectivity index (χ0n) is 10.7. The van der Waals surface area contributed by atoms with E-state index in [1.54, 1.807) is 0 Å². The first-order valence-electron chi connectivity index (χ1n) is 6.96. The summed E-state index contributed by atoms with van der Waals surface area (Å²) in [6.07, 6.45) is 5.14. The van der Waals surface area contributed by atoms with E-state index in [1.807, 2.05) is 0 Å². The Morgan fingerprint density at radius 2 is 2.06 bits per heavy atom. The molecule has 0 saturated carbocycles. The average molecular weight is 244 g/mol. The molecule has 1 aromatic rings. The number of benzene rings is 1. The van der Waals surface area contributed by atoms with E-state index in [9.17, 15) is 4.79 Å². The van der Waals surface area contributed by atoms with E-state index in [4.69, 9.17) is 0 Å². The summed E-state index contributed by atoms with van der Waals surface area (Å²) in [6.45, 7) is 1.83. The van der Waals surface area contributed by atoms with Gasteiger partial charge < -0.3 is 10.2 Å². The molecule has 1 aromatic carbocycles. The van der Waals surface area contributed by atoms with Gasteiger partial charge in [-0.25, -0.2) is 0 Å². The fourth-order valence-corrected chi connectivity index (χ4v) is 3.03. The number of nitrogens with zero attached hydrogens (tertiary/aromatic N) is 1. The Balaban J connectivity index is 1.76. The number of nitrogens with one attached hydrogen (secondary N) is 1. The van der Waals surface area contributed by atoms with Crippen molar-refractivity contribution in [3.8, 4) is 0 Å². The molecule has 2 heterocycles. The Morgan fingerprint density at radius 1 is 1.17 bits per heavy atom. The summed E-state index contributed by atoms with van der Waals surface area (Å²) in [5.41, 5.74) is 2.57. The van der Waals surface area contributed by atoms with Crippen molar-refractivity contribution < 1.29 is 4.79 Å². The average Bonchev–Trinajstić information content (AvgIpc) is 2.63. The Kier molecular flexibility index (Phi) is 3.22. The van der Waals surface area contributed by atoms with Crippen LogP contribution in [0.25, 0.3) is 0 Å². The molecule has 3 heteroatoms. The van der Waals surface area contributed by atoms with Crippen LogP contribution in [0.1, 0.15) is 31.2 Å². The maximum absolute atomic E-state index is 12.1. The minimum absolute atomic E-state index is 0.338. The number of carbonyl (C=O) groups excluding carboxylic acids is 1. The summed E-state index contributed by atoms with van der Waals surface area (Å²) in [6, 6.07) is 8.76. The lowest BCUT2D eigenvalue weighted by atomic mass is 9.98. The first kappa shape index (κ1) is 11.6. The van der Waals surface area contributed by atoms with Crippen LogP contribution in [0.5, 0.6) is 0 Å². The highest BCUT2D eigenvalue weighted by atomic mass is 16.2. The van der Waals surface area contributed by atoms with E-state index in [0.717, 1.165) is 38.8 Å². The Morgan fingerprint density at radius 3 is 3.00 bits per heavy atom. The highest BCUT2D eigenvalue weighted by molar-refractivity contribution is 5.77. The largest absolute Gasteiger partial charge is 0.383 e. The molecule has 3 rings (SSSR count). The summed E-state index contributed by atoms with van der Waals surface area (Å²) in [4.78, 5) is 14.2. The van der Waals surface area contributed by atoms with Crippen LogP contribution in [0.15, 0.2) is 24.3 Å². The first-order chi connectivity index (χ1) is 8.84. The molecule has 1 fully saturated rings. The lowest BCUT2D eigenvalue weighted by Gasteiger charge is -2.35. The highest BCUT2D eigenvalue weighted by Crippen LogP contribution is 2.25. The molecule has 0 radical (unpaired) electrons. The van der Waals surface area contributed by atoms with Gasteiger partial charge in [0.25, 0.3) is 0 Å². The zero-order valence-corrected chi connectivity index (χ0v) is 10.7. The monoisotopic (exact) mass is 244 g/mol. The number of anilines is 1. The van der Waals surface area contributed by atoms with Gasteiger partial charge in [-0.15, -0.1) is 0 Å². The Bertz CT molecular complexity index is 444. The summed E-state index contributed by atoms with van der Waals surface area (Å²) in [7, 11) is 0. The third kappa shape index (κ3) is 2.22. The molecule has 1 N–H and O–H groups in total. The second-order valence-corrected chi connectivity index (χ2v) is 5.29. The number of para-hydroxylation sites is 1. The number of hydrogen-bond donors (Lipinski definition) is 1. The van der Waals surface area contributed by atoms with Crippen molar-refractivity contribution in [2.24, 2.45) is 0 Å². The van der Waals surface area contributed by atoms with Gasteiger partial charge in [0.15, 0.2) is 0 Å². The van der Waals surface area contributed by atoms with E-state index in [2.05, 4.69) is 34.5 Å². The fraction of sp³-hybridized carbons (Fsp3) is 0.533. The predicted molar refractivity (Wildman–Crippen MR) is 72.6 cm³/mol. The fourth-order valence-electron chi connectivity index (χ4n) is 3.03. The van der Waals surface area contributed by atoms with Gasteiger partial charge in [-0.3, -0.25) is 4.79 Å². The summed E-state index contributed by atoms with van der Waals surface area (Å²) in [5, 5.41) is 3.46. The molecule has 1 saturated heterocycles. The van der Waals surface area contributed by atoms with Crippen LogP contribution in [-0.4, -0.2) is 29.9 Å². The number of hydrogen-bond acceptors (Lipinski definition) is 2. The zero-order chi connectivity index (χ0) is 12.4. The smallest absolute Gasteiger partial charge is 0.222 e. The molecule has 18 heavy (non-hydrogen) atoms. The van der Waals surface area contributed by atoms with Gasteiger partial charge in [0.2, 0.25) is 5.91 Å². The van der Waals surface area contributed by atoms with Gasteiger partial charge in [0.05, 0.1) is 6.04 Å². The van der Waals surface area contributed by atoms with Crippen LogP contribution in [0.4, 0.5) is 5.69 Å². The minimum atomic E-state index is 0.338. The van der Waals surface area contributed by atoms with E-state index in [1.165, 1.54) is 17.7 Å². The van der Waals surface area contributed by atoms with Crippen LogP contribution in [0.2, 0.25) is 0 Å². The van der Waals surface area contributed by atoms with Crippen LogP contribution in [0.3, 0.4) is 0 Å². The van der Waals surface area contributed by atoms with E-state index < -0.39 is 0 Å². The molecule has 1 amide bonds. The lowest BCUT2D eigenvalue weighted by Crippen LogP contribution is -2.47. The Hall–Kier alpha value is -1.51. The number of likely N-dealkylation sites (tertiary alicyclic amines) is 1. The molecular formula is C15H20N2O. The van der Waals surface area contributed by atoms with Gasteiger partial charge in [0.1, 0.15) is 0 Å². The van der Waals surface area contributed by atoms with E-state index in [0.29, 0.717) is 11.9 Å². The molecule has 2 aliphatic rings. The predicted octanol–water partition coefficient (Wildman–Crippen LogP) is 2.43. The van der Waals surface area contributed by atoms with Crippen molar-refractivity contribution in [2.45, 2.75) is 38.1 Å². The topological polar surface area (TPSA) is 32.3 Å². The van der Waals surface area contributed by atoms with Gasteiger partial charge in [-0.05, 0) is 30.9 Å². The minimum Gasteiger partial charge on any atom is -0.383 e. The van der Waals surface area contributed by atoms with Crippen molar-refractivity contribution in [1.82, 2.24) is 4.90 Å². The molecular weight excluding hydrogens is 224 g/mol. The van der Waals surface area contributed by atoms with Crippen molar-refractivity contribution in [2.75, 3.05) is 18.4 Å². The number of rotatable bonds is 1.